The van der Waals surface area contributed by atoms with Crippen molar-refractivity contribution in [1.82, 2.24) is 5.32 Å². The molecule has 0 saturated heterocycles. The van der Waals surface area contributed by atoms with Gasteiger partial charge in [-0.25, -0.2) is 0 Å². The molecule has 106 valence electrons. The van der Waals surface area contributed by atoms with E-state index < -0.39 is 0 Å². The molecule has 0 aliphatic carbocycles. The zero-order valence-corrected chi connectivity index (χ0v) is 12.3. The summed E-state index contributed by atoms with van der Waals surface area (Å²) < 4.78 is 0. The van der Waals surface area contributed by atoms with Gasteiger partial charge in [-0.3, -0.25) is 4.99 Å². The Bertz CT molecular complexity index is 666. The fourth-order valence-electron chi connectivity index (χ4n) is 2.55. The third-order valence-corrected chi connectivity index (χ3v) is 3.64. The second-order valence-corrected chi connectivity index (χ2v) is 5.13. The first-order chi connectivity index (χ1) is 10.4. The predicted molar refractivity (Wildman–Crippen MR) is 90.6 cm³/mol. The number of amidine groups is 1. The molecule has 0 spiro atoms. The Balaban J connectivity index is 1.92. The number of nitrogens with zero attached hydrogens (tertiary/aromatic N) is 1. The van der Waals surface area contributed by atoms with Crippen molar-refractivity contribution in [3.63, 3.8) is 0 Å². The number of benzene rings is 2. The maximum Gasteiger partial charge on any atom is 0.128 e. The molecule has 1 N–H and O–H groups in total. The van der Waals surface area contributed by atoms with Crippen LogP contribution in [0.3, 0.4) is 0 Å². The second kappa shape index (κ2) is 6.40. The fraction of sp³-hybridized carbons (Fsp3) is 0.211. The van der Waals surface area contributed by atoms with Crippen LogP contribution in [0.4, 0.5) is 0 Å². The van der Waals surface area contributed by atoms with E-state index in [1.165, 1.54) is 16.7 Å². The first kappa shape index (κ1) is 13.6. The van der Waals surface area contributed by atoms with E-state index in [4.69, 9.17) is 0 Å². The summed E-state index contributed by atoms with van der Waals surface area (Å²) in [5.74, 6) is 1.01. The summed E-state index contributed by atoms with van der Waals surface area (Å²) in [7, 11) is 0. The summed E-state index contributed by atoms with van der Waals surface area (Å²) in [6.45, 7) is 3.98. The first-order valence-corrected chi connectivity index (χ1v) is 7.53. The van der Waals surface area contributed by atoms with Crippen LogP contribution in [0.5, 0.6) is 0 Å². The lowest BCUT2D eigenvalue weighted by Gasteiger charge is -2.08. The van der Waals surface area contributed by atoms with Crippen LogP contribution >= 0.6 is 0 Å². The molecule has 0 fully saturated rings. The minimum absolute atomic E-state index is 0.877. The van der Waals surface area contributed by atoms with Crippen molar-refractivity contribution >= 4 is 11.9 Å². The van der Waals surface area contributed by atoms with Gasteiger partial charge in [-0.2, -0.15) is 0 Å². The molecule has 1 heterocycles. The number of hydrogen-bond acceptors (Lipinski definition) is 2. The number of nitrogens with one attached hydrogen (secondary N) is 1. The van der Waals surface area contributed by atoms with Crippen LogP contribution < -0.4 is 5.32 Å². The molecular formula is C19H20N2. The van der Waals surface area contributed by atoms with Gasteiger partial charge in [-0.05, 0) is 23.1 Å². The summed E-state index contributed by atoms with van der Waals surface area (Å²) in [6.07, 6.45) is 5.45. The monoisotopic (exact) mass is 276 g/mol. The summed E-state index contributed by atoms with van der Waals surface area (Å²) in [5, 5.41) is 3.31. The van der Waals surface area contributed by atoms with E-state index in [2.05, 4.69) is 77.9 Å². The van der Waals surface area contributed by atoms with Gasteiger partial charge in [0.1, 0.15) is 5.84 Å². The van der Waals surface area contributed by atoms with Crippen molar-refractivity contribution in [3.05, 3.63) is 65.7 Å². The van der Waals surface area contributed by atoms with Gasteiger partial charge in [0.05, 0.1) is 6.54 Å². The van der Waals surface area contributed by atoms with Crippen molar-refractivity contribution in [2.24, 2.45) is 4.99 Å². The molecule has 2 heteroatoms. The van der Waals surface area contributed by atoms with Gasteiger partial charge in [0.25, 0.3) is 0 Å². The van der Waals surface area contributed by atoms with Gasteiger partial charge < -0.3 is 5.32 Å². The van der Waals surface area contributed by atoms with Crippen LogP contribution in [0.2, 0.25) is 0 Å². The van der Waals surface area contributed by atoms with Gasteiger partial charge >= 0.3 is 0 Å². The van der Waals surface area contributed by atoms with E-state index in [0.717, 1.165) is 30.9 Å². The fourth-order valence-corrected chi connectivity index (χ4v) is 2.55. The number of rotatable bonds is 4. The molecule has 21 heavy (non-hydrogen) atoms. The lowest BCUT2D eigenvalue weighted by atomic mass is 9.98. The molecule has 1 aliphatic heterocycles. The van der Waals surface area contributed by atoms with Crippen molar-refractivity contribution < 1.29 is 0 Å². The summed E-state index contributed by atoms with van der Waals surface area (Å²) >= 11 is 0. The maximum atomic E-state index is 4.46. The van der Waals surface area contributed by atoms with Crippen LogP contribution in [0.15, 0.2) is 59.6 Å². The van der Waals surface area contributed by atoms with Gasteiger partial charge in [-0.1, -0.05) is 67.6 Å². The van der Waals surface area contributed by atoms with Crippen molar-refractivity contribution in [2.75, 3.05) is 13.1 Å². The van der Waals surface area contributed by atoms with Crippen LogP contribution in [0, 0.1) is 0 Å². The van der Waals surface area contributed by atoms with E-state index >= 15 is 0 Å². The number of hydrogen-bond donors (Lipinski definition) is 1. The Kier molecular flexibility index (Phi) is 4.15. The van der Waals surface area contributed by atoms with Crippen molar-refractivity contribution in [3.8, 4) is 11.1 Å². The summed E-state index contributed by atoms with van der Waals surface area (Å²) in [6, 6.07) is 17.2. The van der Waals surface area contributed by atoms with E-state index in [9.17, 15) is 0 Å². The largest absolute Gasteiger partial charge is 0.368 e. The molecule has 1 aliphatic rings. The topological polar surface area (TPSA) is 24.4 Å². The highest BCUT2D eigenvalue weighted by atomic mass is 15.1. The van der Waals surface area contributed by atoms with E-state index in [1.807, 2.05) is 0 Å². The zero-order chi connectivity index (χ0) is 14.5. The molecule has 0 atom stereocenters. The van der Waals surface area contributed by atoms with E-state index in [-0.39, 0.29) is 0 Å². The minimum Gasteiger partial charge on any atom is -0.368 e. The average Bonchev–Trinajstić information content (AvgIpc) is 3.08. The molecule has 0 saturated carbocycles. The molecule has 2 aromatic carbocycles. The highest BCUT2D eigenvalue weighted by molar-refractivity contribution is 6.00. The standard InChI is InChI=1S/C19H20N2/c1-2-3-6-15-7-4-5-8-18(15)16-9-11-17(12-10-16)19-20-13-14-21-19/h3-12H,2,13-14H2,1H3,(H,20,21). The van der Waals surface area contributed by atoms with Crippen LogP contribution in [-0.2, 0) is 0 Å². The molecule has 0 radical (unpaired) electrons. The Hall–Kier alpha value is -2.35. The van der Waals surface area contributed by atoms with Gasteiger partial charge in [0.15, 0.2) is 0 Å². The Morgan fingerprint density at radius 3 is 2.52 bits per heavy atom. The molecule has 0 aromatic heterocycles. The average molecular weight is 276 g/mol. The molecular weight excluding hydrogens is 256 g/mol. The van der Waals surface area contributed by atoms with Crippen molar-refractivity contribution in [2.45, 2.75) is 13.3 Å². The van der Waals surface area contributed by atoms with Gasteiger partial charge in [-0.15, -0.1) is 0 Å². The van der Waals surface area contributed by atoms with Gasteiger partial charge in [0.2, 0.25) is 0 Å². The second-order valence-electron chi connectivity index (χ2n) is 5.13. The predicted octanol–water partition coefficient (Wildman–Crippen LogP) is 4.13. The zero-order valence-electron chi connectivity index (χ0n) is 12.3. The van der Waals surface area contributed by atoms with Crippen LogP contribution in [-0.4, -0.2) is 18.9 Å². The minimum atomic E-state index is 0.877. The van der Waals surface area contributed by atoms with Crippen molar-refractivity contribution in [1.29, 1.82) is 0 Å². The lowest BCUT2D eigenvalue weighted by Crippen LogP contribution is -2.19. The maximum absolute atomic E-state index is 4.46. The lowest BCUT2D eigenvalue weighted by molar-refractivity contribution is 0.960. The smallest absolute Gasteiger partial charge is 0.128 e. The van der Waals surface area contributed by atoms with E-state index in [0.29, 0.717) is 0 Å². The molecule has 0 amide bonds. The highest BCUT2D eigenvalue weighted by Crippen LogP contribution is 2.25. The third-order valence-electron chi connectivity index (χ3n) is 3.64. The Morgan fingerprint density at radius 1 is 1.05 bits per heavy atom. The molecule has 2 nitrogen and oxygen atoms in total. The quantitative estimate of drug-likeness (QED) is 0.892. The normalized spacial score (nSPS) is 14.2. The summed E-state index contributed by atoms with van der Waals surface area (Å²) in [5.41, 5.74) is 4.95. The Labute approximate surface area is 126 Å². The van der Waals surface area contributed by atoms with E-state index in [1.54, 1.807) is 0 Å². The third kappa shape index (κ3) is 3.05. The van der Waals surface area contributed by atoms with Crippen LogP contribution in [0.25, 0.3) is 17.2 Å². The van der Waals surface area contributed by atoms with Crippen LogP contribution in [0.1, 0.15) is 24.5 Å². The number of aliphatic imine (C=N–C) groups is 1. The summed E-state index contributed by atoms with van der Waals surface area (Å²) in [4.78, 5) is 4.46. The first-order valence-electron chi connectivity index (χ1n) is 7.53. The molecule has 2 aromatic rings. The van der Waals surface area contributed by atoms with Gasteiger partial charge in [0, 0.05) is 12.1 Å². The molecule has 0 bridgehead atoms. The Morgan fingerprint density at radius 2 is 1.81 bits per heavy atom. The molecule has 0 unspecified atom stereocenters. The molecule has 3 rings (SSSR count). The highest BCUT2D eigenvalue weighted by Gasteiger charge is 2.08. The number of allylic oxidation sites excluding steroid dienone is 1. The SMILES string of the molecule is CCC=Cc1ccccc1-c1ccc(C2=NCCN2)cc1.